The second-order valence-corrected chi connectivity index (χ2v) is 5.41. The van der Waals surface area contributed by atoms with Crippen molar-refractivity contribution < 1.29 is 13.5 Å². The van der Waals surface area contributed by atoms with Crippen molar-refractivity contribution in [2.75, 3.05) is 20.1 Å². The van der Waals surface area contributed by atoms with Crippen LogP contribution < -0.4 is 10.1 Å². The standard InChI is InChI=1S/C14H19ClF2N2O/c1-18-11-3-2-6-19(9-11)8-10-4-5-13(12(15)7-10)20-14(16)17/h4-5,7,11,14,18H,2-3,6,8-9H2,1H3. The Morgan fingerprint density at radius 1 is 1.50 bits per heavy atom. The Morgan fingerprint density at radius 3 is 2.95 bits per heavy atom. The molecule has 0 saturated carbocycles. The van der Waals surface area contributed by atoms with E-state index in [2.05, 4.69) is 15.0 Å². The van der Waals surface area contributed by atoms with Gasteiger partial charge in [0.1, 0.15) is 5.75 Å². The molecule has 1 fully saturated rings. The van der Waals surface area contributed by atoms with Crippen molar-refractivity contribution >= 4 is 11.6 Å². The number of hydrogen-bond donors (Lipinski definition) is 1. The first-order valence-corrected chi connectivity index (χ1v) is 7.09. The van der Waals surface area contributed by atoms with E-state index >= 15 is 0 Å². The molecule has 6 heteroatoms. The molecule has 1 aliphatic rings. The fourth-order valence-corrected chi connectivity index (χ4v) is 2.77. The predicted octanol–water partition coefficient (Wildman–Crippen LogP) is 3.13. The summed E-state index contributed by atoms with van der Waals surface area (Å²) in [6.45, 7) is -0.0433. The number of likely N-dealkylation sites (tertiary alicyclic amines) is 1. The smallest absolute Gasteiger partial charge is 0.387 e. The van der Waals surface area contributed by atoms with Gasteiger partial charge in [0.25, 0.3) is 0 Å². The summed E-state index contributed by atoms with van der Waals surface area (Å²) >= 11 is 5.96. The topological polar surface area (TPSA) is 24.5 Å². The van der Waals surface area contributed by atoms with E-state index in [1.54, 1.807) is 12.1 Å². The molecule has 1 aliphatic heterocycles. The van der Waals surface area contributed by atoms with Gasteiger partial charge in [0.15, 0.2) is 0 Å². The molecule has 3 nitrogen and oxygen atoms in total. The number of nitrogens with zero attached hydrogens (tertiary/aromatic N) is 1. The Hall–Kier alpha value is -0.910. The molecule has 1 unspecified atom stereocenters. The summed E-state index contributed by atoms with van der Waals surface area (Å²) in [4.78, 5) is 2.34. The number of benzene rings is 1. The predicted molar refractivity (Wildman–Crippen MR) is 75.4 cm³/mol. The highest BCUT2D eigenvalue weighted by molar-refractivity contribution is 6.32. The molecule has 1 heterocycles. The van der Waals surface area contributed by atoms with E-state index in [9.17, 15) is 8.78 Å². The van der Waals surface area contributed by atoms with Crippen molar-refractivity contribution in [1.29, 1.82) is 0 Å². The van der Waals surface area contributed by atoms with Crippen LogP contribution in [-0.2, 0) is 6.54 Å². The van der Waals surface area contributed by atoms with Gasteiger partial charge in [0, 0.05) is 19.1 Å². The fourth-order valence-electron chi connectivity index (χ4n) is 2.53. The first-order chi connectivity index (χ1) is 9.58. The van der Waals surface area contributed by atoms with Gasteiger partial charge in [-0.25, -0.2) is 0 Å². The summed E-state index contributed by atoms with van der Waals surface area (Å²) in [7, 11) is 1.97. The highest BCUT2D eigenvalue weighted by Gasteiger charge is 2.18. The second-order valence-electron chi connectivity index (χ2n) is 5.01. The quantitative estimate of drug-likeness (QED) is 0.904. The van der Waals surface area contributed by atoms with Crippen molar-refractivity contribution in [3.05, 3.63) is 28.8 Å². The minimum atomic E-state index is -2.85. The number of piperidine rings is 1. The van der Waals surface area contributed by atoms with E-state index in [0.717, 1.165) is 31.6 Å². The summed E-state index contributed by atoms with van der Waals surface area (Å²) in [5, 5.41) is 3.52. The van der Waals surface area contributed by atoms with Crippen LogP contribution in [0.15, 0.2) is 18.2 Å². The molecule has 0 bridgehead atoms. The zero-order valence-electron chi connectivity index (χ0n) is 11.4. The molecule has 1 aromatic rings. The number of nitrogens with one attached hydrogen (secondary N) is 1. The lowest BCUT2D eigenvalue weighted by Gasteiger charge is -2.32. The summed E-state index contributed by atoms with van der Waals surface area (Å²) in [5.74, 6) is 0.0252. The van der Waals surface area contributed by atoms with Gasteiger partial charge in [-0.05, 0) is 44.1 Å². The monoisotopic (exact) mass is 304 g/mol. The van der Waals surface area contributed by atoms with Crippen LogP contribution in [0.1, 0.15) is 18.4 Å². The minimum absolute atomic E-state index is 0.0252. The molecule has 0 radical (unpaired) electrons. The number of rotatable bonds is 5. The van der Waals surface area contributed by atoms with Gasteiger partial charge in [0.05, 0.1) is 5.02 Å². The summed E-state index contributed by atoms with van der Waals surface area (Å²) in [6, 6.07) is 5.50. The van der Waals surface area contributed by atoms with Crippen molar-refractivity contribution in [2.24, 2.45) is 0 Å². The highest BCUT2D eigenvalue weighted by Crippen LogP contribution is 2.27. The number of hydrogen-bond acceptors (Lipinski definition) is 3. The number of alkyl halides is 2. The van der Waals surface area contributed by atoms with Crippen molar-refractivity contribution in [3.63, 3.8) is 0 Å². The third kappa shape index (κ3) is 4.30. The van der Waals surface area contributed by atoms with Crippen LogP contribution in [0.5, 0.6) is 5.75 Å². The Balaban J connectivity index is 1.97. The van der Waals surface area contributed by atoms with Gasteiger partial charge in [-0.1, -0.05) is 17.7 Å². The summed E-state index contributed by atoms with van der Waals surface area (Å²) < 4.78 is 28.7. The lowest BCUT2D eigenvalue weighted by molar-refractivity contribution is -0.0498. The molecule has 0 aliphatic carbocycles. The second kappa shape index (κ2) is 7.20. The maximum atomic E-state index is 12.2. The average molecular weight is 305 g/mol. The van der Waals surface area contributed by atoms with Crippen LogP contribution in [0.4, 0.5) is 8.78 Å². The van der Waals surface area contributed by atoms with E-state index in [4.69, 9.17) is 11.6 Å². The zero-order valence-corrected chi connectivity index (χ0v) is 12.2. The molecule has 0 spiro atoms. The van der Waals surface area contributed by atoms with Gasteiger partial charge >= 0.3 is 6.61 Å². The SMILES string of the molecule is CNC1CCCN(Cc2ccc(OC(F)F)c(Cl)c2)C1. The van der Waals surface area contributed by atoms with Crippen molar-refractivity contribution in [2.45, 2.75) is 32.0 Å². The number of ether oxygens (including phenoxy) is 1. The molecule has 0 aromatic heterocycles. The molecule has 1 saturated heterocycles. The first-order valence-electron chi connectivity index (χ1n) is 6.71. The van der Waals surface area contributed by atoms with Gasteiger partial charge in [-0.3, -0.25) is 4.90 Å². The van der Waals surface area contributed by atoms with E-state index < -0.39 is 6.61 Å². The third-order valence-electron chi connectivity index (χ3n) is 3.53. The van der Waals surface area contributed by atoms with Crippen LogP contribution in [0.25, 0.3) is 0 Å². The number of halogens is 3. The van der Waals surface area contributed by atoms with Crippen molar-refractivity contribution in [1.82, 2.24) is 10.2 Å². The normalized spacial score (nSPS) is 20.4. The van der Waals surface area contributed by atoms with Gasteiger partial charge in [-0.2, -0.15) is 8.78 Å². The lowest BCUT2D eigenvalue weighted by atomic mass is 10.1. The fraction of sp³-hybridized carbons (Fsp3) is 0.571. The largest absolute Gasteiger partial charge is 0.433 e. The van der Waals surface area contributed by atoms with E-state index in [-0.39, 0.29) is 10.8 Å². The minimum Gasteiger partial charge on any atom is -0.433 e. The lowest BCUT2D eigenvalue weighted by Crippen LogP contribution is -2.43. The van der Waals surface area contributed by atoms with Crippen LogP contribution in [0.3, 0.4) is 0 Å². The maximum absolute atomic E-state index is 12.2. The van der Waals surface area contributed by atoms with Gasteiger partial charge < -0.3 is 10.1 Å². The highest BCUT2D eigenvalue weighted by atomic mass is 35.5. The van der Waals surface area contributed by atoms with Crippen LogP contribution in [0, 0.1) is 0 Å². The molecule has 20 heavy (non-hydrogen) atoms. The number of likely N-dealkylation sites (N-methyl/N-ethyl adjacent to an activating group) is 1. The molecule has 1 atom stereocenters. The Morgan fingerprint density at radius 2 is 2.30 bits per heavy atom. The molecule has 112 valence electrons. The molecule has 1 N–H and O–H groups in total. The van der Waals surface area contributed by atoms with Crippen LogP contribution >= 0.6 is 11.6 Å². The van der Waals surface area contributed by atoms with E-state index in [1.807, 2.05) is 7.05 Å². The van der Waals surface area contributed by atoms with Gasteiger partial charge in [0.2, 0.25) is 0 Å². The Kier molecular flexibility index (Phi) is 5.57. The third-order valence-corrected chi connectivity index (χ3v) is 3.83. The Bertz CT molecular complexity index is 445. The summed E-state index contributed by atoms with van der Waals surface area (Å²) in [5.41, 5.74) is 1.01. The molecule has 0 amide bonds. The summed E-state index contributed by atoms with van der Waals surface area (Å²) in [6.07, 6.45) is 2.35. The van der Waals surface area contributed by atoms with Crippen molar-refractivity contribution in [3.8, 4) is 5.75 Å². The maximum Gasteiger partial charge on any atom is 0.387 e. The van der Waals surface area contributed by atoms with E-state index in [0.29, 0.717) is 6.04 Å². The van der Waals surface area contributed by atoms with Crippen LogP contribution in [-0.4, -0.2) is 37.7 Å². The molecule has 1 aromatic carbocycles. The molecule has 2 rings (SSSR count). The molecular weight excluding hydrogens is 286 g/mol. The zero-order chi connectivity index (χ0) is 14.5. The first kappa shape index (κ1) is 15.5. The average Bonchev–Trinajstić information content (AvgIpc) is 2.42. The van der Waals surface area contributed by atoms with Crippen LogP contribution in [0.2, 0.25) is 5.02 Å². The van der Waals surface area contributed by atoms with E-state index in [1.165, 1.54) is 12.5 Å². The molecular formula is C14H19ClF2N2O. The Labute approximate surface area is 122 Å². The van der Waals surface area contributed by atoms with Gasteiger partial charge in [-0.15, -0.1) is 0 Å².